The van der Waals surface area contributed by atoms with E-state index in [2.05, 4.69) is 15.2 Å². The molecule has 6 nitrogen and oxygen atoms in total. The first-order valence-electron chi connectivity index (χ1n) is 9.24. The molecule has 1 aliphatic heterocycles. The second kappa shape index (κ2) is 12.3. The van der Waals surface area contributed by atoms with Gasteiger partial charge in [0.25, 0.3) is 0 Å². The van der Waals surface area contributed by atoms with Crippen LogP contribution in [0.5, 0.6) is 0 Å². The molecule has 0 saturated carbocycles. The van der Waals surface area contributed by atoms with Crippen molar-refractivity contribution in [2.75, 3.05) is 66.6 Å². The van der Waals surface area contributed by atoms with Crippen LogP contribution in [0.3, 0.4) is 0 Å². The standard InChI is InChI=1S/C17H33F3N4O2/c1-4-21-16(22-8-11-23(2)14-17(18,19)20)24-9-6-15(7-10-24)26-13-5-12-25-3/h15H,4-14H2,1-3H3,(H,21,22). The van der Waals surface area contributed by atoms with Crippen LogP contribution >= 0.6 is 0 Å². The highest BCUT2D eigenvalue weighted by Crippen LogP contribution is 2.16. The number of aliphatic imine (C=N–C) groups is 1. The molecule has 0 unspecified atom stereocenters. The minimum atomic E-state index is -4.17. The van der Waals surface area contributed by atoms with Gasteiger partial charge in [0.2, 0.25) is 0 Å². The van der Waals surface area contributed by atoms with Crippen molar-refractivity contribution in [2.45, 2.75) is 38.5 Å². The number of hydrogen-bond donors (Lipinski definition) is 1. The Balaban J connectivity index is 2.37. The predicted octanol–water partition coefficient (Wildman–Crippen LogP) is 1.96. The number of likely N-dealkylation sites (tertiary alicyclic amines) is 1. The molecule has 9 heteroatoms. The van der Waals surface area contributed by atoms with Gasteiger partial charge in [-0.25, -0.2) is 0 Å². The molecule has 0 spiro atoms. The summed E-state index contributed by atoms with van der Waals surface area (Å²) in [5, 5.41) is 3.23. The highest BCUT2D eigenvalue weighted by atomic mass is 19.4. The molecular formula is C17H33F3N4O2. The van der Waals surface area contributed by atoms with E-state index in [0.29, 0.717) is 19.8 Å². The highest BCUT2D eigenvalue weighted by Gasteiger charge is 2.29. The number of ether oxygens (including phenoxy) is 2. The minimum Gasteiger partial charge on any atom is -0.385 e. The van der Waals surface area contributed by atoms with E-state index < -0.39 is 12.7 Å². The Morgan fingerprint density at radius 2 is 1.96 bits per heavy atom. The number of nitrogens with one attached hydrogen (secondary N) is 1. The van der Waals surface area contributed by atoms with Gasteiger partial charge in [0.05, 0.1) is 19.2 Å². The number of methoxy groups -OCH3 is 1. The number of piperidine rings is 1. The summed E-state index contributed by atoms with van der Waals surface area (Å²) in [5.74, 6) is 0.769. The summed E-state index contributed by atoms with van der Waals surface area (Å²) in [5.41, 5.74) is 0. The van der Waals surface area contributed by atoms with Gasteiger partial charge < -0.3 is 19.7 Å². The molecule has 1 fully saturated rings. The maximum atomic E-state index is 12.4. The third-order valence-electron chi connectivity index (χ3n) is 4.12. The third-order valence-corrected chi connectivity index (χ3v) is 4.12. The fraction of sp³-hybridized carbons (Fsp3) is 0.941. The van der Waals surface area contributed by atoms with Crippen molar-refractivity contribution < 1.29 is 22.6 Å². The molecule has 26 heavy (non-hydrogen) atoms. The summed E-state index contributed by atoms with van der Waals surface area (Å²) < 4.78 is 47.9. The smallest absolute Gasteiger partial charge is 0.385 e. The second-order valence-electron chi connectivity index (χ2n) is 6.49. The maximum absolute atomic E-state index is 12.4. The van der Waals surface area contributed by atoms with E-state index in [-0.39, 0.29) is 12.6 Å². The number of hydrogen-bond acceptors (Lipinski definition) is 4. The van der Waals surface area contributed by atoms with Crippen LogP contribution in [0.1, 0.15) is 26.2 Å². The molecular weight excluding hydrogens is 349 g/mol. The summed E-state index contributed by atoms with van der Waals surface area (Å²) in [4.78, 5) is 7.88. The fourth-order valence-corrected chi connectivity index (χ4v) is 2.83. The quantitative estimate of drug-likeness (QED) is 0.356. The Kier molecular flexibility index (Phi) is 10.9. The van der Waals surface area contributed by atoms with Gasteiger partial charge in [0.1, 0.15) is 0 Å². The van der Waals surface area contributed by atoms with E-state index in [9.17, 15) is 13.2 Å². The van der Waals surface area contributed by atoms with Gasteiger partial charge in [-0.3, -0.25) is 9.89 Å². The van der Waals surface area contributed by atoms with Crippen LogP contribution in [0.25, 0.3) is 0 Å². The van der Waals surface area contributed by atoms with Crippen LogP contribution in [-0.4, -0.2) is 94.7 Å². The minimum absolute atomic E-state index is 0.254. The van der Waals surface area contributed by atoms with Crippen molar-refractivity contribution in [1.82, 2.24) is 15.1 Å². The molecule has 1 rings (SSSR count). The lowest BCUT2D eigenvalue weighted by atomic mass is 10.1. The van der Waals surface area contributed by atoms with Crippen molar-refractivity contribution in [3.63, 3.8) is 0 Å². The number of alkyl halides is 3. The summed E-state index contributed by atoms with van der Waals surface area (Å²) in [6, 6.07) is 0. The van der Waals surface area contributed by atoms with E-state index in [1.54, 1.807) is 7.11 Å². The summed E-state index contributed by atoms with van der Waals surface area (Å²) >= 11 is 0. The largest absolute Gasteiger partial charge is 0.401 e. The van der Waals surface area contributed by atoms with Crippen molar-refractivity contribution in [3.8, 4) is 0 Å². The molecule has 1 N–H and O–H groups in total. The zero-order valence-electron chi connectivity index (χ0n) is 16.1. The van der Waals surface area contributed by atoms with Gasteiger partial charge in [-0.1, -0.05) is 0 Å². The molecule has 0 radical (unpaired) electrons. The van der Waals surface area contributed by atoms with Crippen molar-refractivity contribution in [1.29, 1.82) is 0 Å². The molecule has 0 amide bonds. The molecule has 0 atom stereocenters. The van der Waals surface area contributed by atoms with Gasteiger partial charge >= 0.3 is 6.18 Å². The van der Waals surface area contributed by atoms with Gasteiger partial charge in [-0.2, -0.15) is 13.2 Å². The van der Waals surface area contributed by atoms with Gasteiger partial charge in [0, 0.05) is 46.5 Å². The molecule has 154 valence electrons. The Bertz CT molecular complexity index is 400. The van der Waals surface area contributed by atoms with Crippen LogP contribution < -0.4 is 5.32 Å². The van der Waals surface area contributed by atoms with Crippen LogP contribution in [0.15, 0.2) is 4.99 Å². The number of guanidine groups is 1. The molecule has 1 heterocycles. The molecule has 0 bridgehead atoms. The lowest BCUT2D eigenvalue weighted by Crippen LogP contribution is -2.47. The number of rotatable bonds is 10. The van der Waals surface area contributed by atoms with Crippen LogP contribution in [0, 0.1) is 0 Å². The number of likely N-dealkylation sites (N-methyl/N-ethyl adjacent to an activating group) is 1. The Hall–Kier alpha value is -1.06. The predicted molar refractivity (Wildman–Crippen MR) is 96.6 cm³/mol. The van der Waals surface area contributed by atoms with Gasteiger partial charge in [-0.05, 0) is 33.2 Å². The topological polar surface area (TPSA) is 49.3 Å². The van der Waals surface area contributed by atoms with E-state index in [4.69, 9.17) is 9.47 Å². The molecule has 0 aromatic rings. The first-order valence-corrected chi connectivity index (χ1v) is 9.24. The van der Waals surface area contributed by atoms with Crippen LogP contribution in [0.4, 0.5) is 13.2 Å². The SMILES string of the molecule is CCNC(=NCCN(C)CC(F)(F)F)N1CCC(OCCCOC)CC1. The average molecular weight is 382 g/mol. The third kappa shape index (κ3) is 10.2. The Labute approximate surface area is 154 Å². The summed E-state index contributed by atoms with van der Waals surface area (Å²) in [6.07, 6.45) is -1.18. The zero-order valence-corrected chi connectivity index (χ0v) is 16.1. The van der Waals surface area contributed by atoms with Crippen molar-refractivity contribution >= 4 is 5.96 Å². The van der Waals surface area contributed by atoms with Crippen molar-refractivity contribution in [3.05, 3.63) is 0 Å². The van der Waals surface area contributed by atoms with E-state index >= 15 is 0 Å². The van der Waals surface area contributed by atoms with Gasteiger partial charge in [0.15, 0.2) is 5.96 Å². The first-order chi connectivity index (χ1) is 12.4. The van der Waals surface area contributed by atoms with Crippen LogP contribution in [-0.2, 0) is 9.47 Å². The first kappa shape index (κ1) is 23.0. The zero-order chi connectivity index (χ0) is 19.4. The summed E-state index contributed by atoms with van der Waals surface area (Å²) in [7, 11) is 3.14. The molecule has 0 aromatic heterocycles. The second-order valence-corrected chi connectivity index (χ2v) is 6.49. The highest BCUT2D eigenvalue weighted by molar-refractivity contribution is 5.80. The molecule has 1 saturated heterocycles. The lowest BCUT2D eigenvalue weighted by Gasteiger charge is -2.34. The van der Waals surface area contributed by atoms with Crippen LogP contribution in [0.2, 0.25) is 0 Å². The van der Waals surface area contributed by atoms with E-state index in [0.717, 1.165) is 44.9 Å². The van der Waals surface area contributed by atoms with Gasteiger partial charge in [-0.15, -0.1) is 0 Å². The molecule has 0 aliphatic carbocycles. The number of nitrogens with zero attached hydrogens (tertiary/aromatic N) is 3. The molecule has 1 aliphatic rings. The Morgan fingerprint density at radius 1 is 1.27 bits per heavy atom. The lowest BCUT2D eigenvalue weighted by molar-refractivity contribution is -0.142. The maximum Gasteiger partial charge on any atom is 0.401 e. The van der Waals surface area contributed by atoms with E-state index in [1.165, 1.54) is 11.9 Å². The normalized spacial score (nSPS) is 17.2. The Morgan fingerprint density at radius 3 is 2.54 bits per heavy atom. The summed E-state index contributed by atoms with van der Waals surface area (Å²) in [6.45, 7) is 5.48. The fourth-order valence-electron chi connectivity index (χ4n) is 2.83. The average Bonchev–Trinajstić information content (AvgIpc) is 2.57. The molecule has 0 aromatic carbocycles. The van der Waals surface area contributed by atoms with Crippen molar-refractivity contribution in [2.24, 2.45) is 4.99 Å². The van der Waals surface area contributed by atoms with E-state index in [1.807, 2.05) is 6.92 Å². The number of halogens is 3. The monoisotopic (exact) mass is 382 g/mol.